The molecule has 1 saturated heterocycles. The van der Waals surface area contributed by atoms with Gasteiger partial charge in [-0.15, -0.1) is 0 Å². The molecule has 1 aromatic carbocycles. The zero-order chi connectivity index (χ0) is 13.9. The van der Waals surface area contributed by atoms with E-state index in [2.05, 4.69) is 16.9 Å². The average molecular weight is 268 g/mol. The summed E-state index contributed by atoms with van der Waals surface area (Å²) in [6.45, 7) is 2.28. The van der Waals surface area contributed by atoms with Crippen molar-refractivity contribution in [3.8, 4) is 11.4 Å². The van der Waals surface area contributed by atoms with Crippen molar-refractivity contribution in [1.29, 1.82) is 0 Å². The Morgan fingerprint density at radius 1 is 1.20 bits per heavy atom. The molecule has 4 nitrogen and oxygen atoms in total. The van der Waals surface area contributed by atoms with Crippen molar-refractivity contribution >= 4 is 5.69 Å². The van der Waals surface area contributed by atoms with Gasteiger partial charge in [-0.2, -0.15) is 0 Å². The Morgan fingerprint density at radius 2 is 2.00 bits per heavy atom. The fourth-order valence-electron chi connectivity index (χ4n) is 2.72. The fraction of sp³-hybridized carbons (Fsp3) is 0.375. The summed E-state index contributed by atoms with van der Waals surface area (Å²) in [6, 6.07) is 9.80. The lowest BCUT2D eigenvalue weighted by Crippen LogP contribution is -2.29. The van der Waals surface area contributed by atoms with Crippen LogP contribution in [0.25, 0.3) is 11.4 Å². The van der Waals surface area contributed by atoms with Crippen molar-refractivity contribution in [2.75, 3.05) is 25.9 Å². The highest BCUT2D eigenvalue weighted by atomic mass is 15.1. The first-order valence-electron chi connectivity index (χ1n) is 7.10. The molecule has 2 aromatic rings. The normalized spacial score (nSPS) is 17.2. The second-order valence-electron chi connectivity index (χ2n) is 5.51. The van der Waals surface area contributed by atoms with Gasteiger partial charge in [0.05, 0.1) is 0 Å². The summed E-state index contributed by atoms with van der Waals surface area (Å²) in [7, 11) is 2.17. The fourth-order valence-corrected chi connectivity index (χ4v) is 2.72. The van der Waals surface area contributed by atoms with Crippen LogP contribution in [0.2, 0.25) is 0 Å². The number of hydrogen-bond donors (Lipinski definition) is 1. The summed E-state index contributed by atoms with van der Waals surface area (Å²) >= 11 is 0. The van der Waals surface area contributed by atoms with Gasteiger partial charge in [-0.3, -0.25) is 0 Å². The molecule has 0 unspecified atom stereocenters. The minimum atomic E-state index is 0.550. The first kappa shape index (κ1) is 13.1. The molecule has 1 fully saturated rings. The lowest BCUT2D eigenvalue weighted by molar-refractivity contribution is 0.253. The molecule has 1 aliphatic heterocycles. The SMILES string of the molecule is CN1CCC(c2ccnc(-c3cccc(N)c3)n2)CC1. The first-order valence-corrected chi connectivity index (χ1v) is 7.10. The molecule has 1 aromatic heterocycles. The van der Waals surface area contributed by atoms with Crippen LogP contribution >= 0.6 is 0 Å². The number of aromatic nitrogens is 2. The second-order valence-corrected chi connectivity index (χ2v) is 5.51. The van der Waals surface area contributed by atoms with E-state index in [0.29, 0.717) is 5.92 Å². The van der Waals surface area contributed by atoms with Gasteiger partial charge in [0.25, 0.3) is 0 Å². The number of hydrogen-bond acceptors (Lipinski definition) is 4. The Balaban J connectivity index is 1.86. The molecule has 2 N–H and O–H groups in total. The highest BCUT2D eigenvalue weighted by Gasteiger charge is 2.20. The van der Waals surface area contributed by atoms with E-state index in [4.69, 9.17) is 10.7 Å². The predicted molar refractivity (Wildman–Crippen MR) is 81.4 cm³/mol. The topological polar surface area (TPSA) is 55.0 Å². The molecule has 4 heteroatoms. The summed E-state index contributed by atoms with van der Waals surface area (Å²) in [5, 5.41) is 0. The Bertz CT molecular complexity index is 589. The number of nitrogens with zero attached hydrogens (tertiary/aromatic N) is 3. The third-order valence-electron chi connectivity index (χ3n) is 3.96. The molecular formula is C16H20N4. The van der Waals surface area contributed by atoms with Crippen LogP contribution in [0, 0.1) is 0 Å². The molecule has 20 heavy (non-hydrogen) atoms. The summed E-state index contributed by atoms with van der Waals surface area (Å²) in [5.41, 5.74) is 8.72. The zero-order valence-electron chi connectivity index (χ0n) is 11.8. The number of nitrogen functional groups attached to an aromatic ring is 1. The molecule has 3 rings (SSSR count). The molecule has 0 atom stereocenters. The van der Waals surface area contributed by atoms with E-state index in [1.807, 2.05) is 36.5 Å². The Kier molecular flexibility index (Phi) is 3.65. The van der Waals surface area contributed by atoms with Gasteiger partial charge in [0.15, 0.2) is 5.82 Å². The van der Waals surface area contributed by atoms with Gasteiger partial charge < -0.3 is 10.6 Å². The molecule has 1 aliphatic rings. The number of nitrogens with two attached hydrogens (primary N) is 1. The van der Waals surface area contributed by atoms with Crippen LogP contribution < -0.4 is 5.73 Å². The van der Waals surface area contributed by atoms with E-state index in [9.17, 15) is 0 Å². The van der Waals surface area contributed by atoms with E-state index < -0.39 is 0 Å². The van der Waals surface area contributed by atoms with Gasteiger partial charge >= 0.3 is 0 Å². The maximum atomic E-state index is 5.83. The lowest BCUT2D eigenvalue weighted by Gasteiger charge is -2.28. The standard InChI is InChI=1S/C16H20N4/c1-20-9-6-12(7-10-20)15-5-8-18-16(19-15)13-3-2-4-14(17)11-13/h2-5,8,11-12H,6-7,9-10,17H2,1H3. The van der Waals surface area contributed by atoms with Crippen LogP contribution in [0.4, 0.5) is 5.69 Å². The van der Waals surface area contributed by atoms with Gasteiger partial charge in [-0.1, -0.05) is 12.1 Å². The lowest BCUT2D eigenvalue weighted by atomic mass is 9.93. The third-order valence-corrected chi connectivity index (χ3v) is 3.96. The summed E-state index contributed by atoms with van der Waals surface area (Å²) in [4.78, 5) is 11.5. The summed E-state index contributed by atoms with van der Waals surface area (Å²) in [6.07, 6.45) is 4.20. The van der Waals surface area contributed by atoms with Crippen molar-refractivity contribution in [2.24, 2.45) is 0 Å². The quantitative estimate of drug-likeness (QED) is 0.850. The minimum absolute atomic E-state index is 0.550. The maximum Gasteiger partial charge on any atom is 0.159 e. The van der Waals surface area contributed by atoms with E-state index in [1.54, 1.807) is 0 Å². The first-order chi connectivity index (χ1) is 9.72. The largest absolute Gasteiger partial charge is 0.399 e. The van der Waals surface area contributed by atoms with Crippen molar-refractivity contribution in [3.63, 3.8) is 0 Å². The smallest absolute Gasteiger partial charge is 0.159 e. The number of rotatable bonds is 2. The van der Waals surface area contributed by atoms with Crippen LogP contribution in [0.3, 0.4) is 0 Å². The van der Waals surface area contributed by atoms with E-state index >= 15 is 0 Å². The molecule has 0 saturated carbocycles. The van der Waals surface area contributed by atoms with Crippen LogP contribution in [0.15, 0.2) is 36.5 Å². The zero-order valence-corrected chi connectivity index (χ0v) is 11.8. The van der Waals surface area contributed by atoms with Crippen LogP contribution in [-0.4, -0.2) is 35.0 Å². The molecule has 0 amide bonds. The highest BCUT2D eigenvalue weighted by Crippen LogP contribution is 2.27. The molecular weight excluding hydrogens is 248 g/mol. The Labute approximate surface area is 119 Å². The van der Waals surface area contributed by atoms with Crippen LogP contribution in [-0.2, 0) is 0 Å². The van der Waals surface area contributed by atoms with Crippen molar-refractivity contribution in [3.05, 3.63) is 42.2 Å². The van der Waals surface area contributed by atoms with E-state index in [0.717, 1.165) is 35.9 Å². The number of anilines is 1. The summed E-state index contributed by atoms with van der Waals surface area (Å²) < 4.78 is 0. The molecule has 2 heterocycles. The Morgan fingerprint density at radius 3 is 2.75 bits per heavy atom. The van der Waals surface area contributed by atoms with Gasteiger partial charge in [0.1, 0.15) is 0 Å². The molecule has 0 spiro atoms. The van der Waals surface area contributed by atoms with Gasteiger partial charge in [-0.05, 0) is 51.2 Å². The molecule has 104 valence electrons. The Hall–Kier alpha value is -1.94. The van der Waals surface area contributed by atoms with Gasteiger partial charge in [-0.25, -0.2) is 9.97 Å². The van der Waals surface area contributed by atoms with E-state index in [-0.39, 0.29) is 0 Å². The molecule has 0 aliphatic carbocycles. The predicted octanol–water partition coefficient (Wildman–Crippen LogP) is 2.54. The summed E-state index contributed by atoms with van der Waals surface area (Å²) in [5.74, 6) is 1.32. The van der Waals surface area contributed by atoms with Crippen molar-refractivity contribution in [1.82, 2.24) is 14.9 Å². The number of piperidine rings is 1. The molecule has 0 bridgehead atoms. The van der Waals surface area contributed by atoms with E-state index in [1.165, 1.54) is 12.8 Å². The van der Waals surface area contributed by atoms with Gasteiger partial charge in [0.2, 0.25) is 0 Å². The highest BCUT2D eigenvalue weighted by molar-refractivity contribution is 5.60. The minimum Gasteiger partial charge on any atom is -0.399 e. The monoisotopic (exact) mass is 268 g/mol. The van der Waals surface area contributed by atoms with Crippen molar-refractivity contribution < 1.29 is 0 Å². The van der Waals surface area contributed by atoms with Crippen molar-refractivity contribution in [2.45, 2.75) is 18.8 Å². The number of likely N-dealkylation sites (tertiary alicyclic amines) is 1. The maximum absolute atomic E-state index is 5.83. The third kappa shape index (κ3) is 2.80. The molecule has 0 radical (unpaired) electrons. The van der Waals surface area contributed by atoms with Crippen LogP contribution in [0.5, 0.6) is 0 Å². The van der Waals surface area contributed by atoms with Gasteiger partial charge in [0, 0.05) is 29.1 Å². The van der Waals surface area contributed by atoms with Crippen LogP contribution in [0.1, 0.15) is 24.5 Å². The average Bonchev–Trinajstić information content (AvgIpc) is 2.48. The second kappa shape index (κ2) is 5.59. The number of benzene rings is 1.